The molecule has 0 bridgehead atoms. The van der Waals surface area contributed by atoms with E-state index in [1.807, 2.05) is 30.3 Å². The maximum Gasteiger partial charge on any atom is 0.319 e. The van der Waals surface area contributed by atoms with Gasteiger partial charge in [-0.15, -0.1) is 0 Å². The van der Waals surface area contributed by atoms with Gasteiger partial charge in [0.2, 0.25) is 10.0 Å². The molecule has 24 heavy (non-hydrogen) atoms. The van der Waals surface area contributed by atoms with Gasteiger partial charge in [0.15, 0.2) is 0 Å². The predicted molar refractivity (Wildman–Crippen MR) is 94.6 cm³/mol. The minimum absolute atomic E-state index is 0.107. The third-order valence-corrected chi connectivity index (χ3v) is 4.99. The molecule has 0 radical (unpaired) electrons. The Bertz CT molecular complexity index is 805. The number of anilines is 1. The van der Waals surface area contributed by atoms with E-state index in [2.05, 4.69) is 15.4 Å². The molecule has 0 fully saturated rings. The molecular weight excluding hydrogens is 326 g/mol. The van der Waals surface area contributed by atoms with Gasteiger partial charge in [-0.05, 0) is 43.7 Å². The van der Waals surface area contributed by atoms with Crippen molar-refractivity contribution in [3.8, 4) is 0 Å². The molecule has 7 heteroatoms. The molecule has 2 amide bonds. The normalized spacial score (nSPS) is 11.1. The Balaban J connectivity index is 1.97. The molecule has 0 aliphatic heterocycles. The first-order chi connectivity index (χ1) is 11.4. The van der Waals surface area contributed by atoms with Gasteiger partial charge < -0.3 is 10.6 Å². The first kappa shape index (κ1) is 18.0. The van der Waals surface area contributed by atoms with Crippen molar-refractivity contribution in [2.75, 3.05) is 18.9 Å². The molecule has 3 N–H and O–H groups in total. The number of urea groups is 1. The summed E-state index contributed by atoms with van der Waals surface area (Å²) >= 11 is 0. The van der Waals surface area contributed by atoms with E-state index in [9.17, 15) is 13.2 Å². The predicted octanol–water partition coefficient (Wildman–Crippen LogP) is 2.27. The summed E-state index contributed by atoms with van der Waals surface area (Å²) in [6.07, 6.45) is 0.724. The first-order valence-electron chi connectivity index (χ1n) is 7.55. The number of carbonyl (C=O) groups excluding carboxylic acids is 1. The molecule has 0 atom stereocenters. The lowest BCUT2D eigenvalue weighted by molar-refractivity contribution is 0.252. The van der Waals surface area contributed by atoms with Crippen LogP contribution in [0.15, 0.2) is 53.4 Å². The van der Waals surface area contributed by atoms with E-state index in [0.29, 0.717) is 12.2 Å². The largest absolute Gasteiger partial charge is 0.338 e. The minimum atomic E-state index is -3.55. The van der Waals surface area contributed by atoms with Crippen molar-refractivity contribution in [2.45, 2.75) is 18.2 Å². The number of hydrogen-bond acceptors (Lipinski definition) is 3. The van der Waals surface area contributed by atoms with Gasteiger partial charge in [-0.1, -0.05) is 36.4 Å². The summed E-state index contributed by atoms with van der Waals surface area (Å²) in [4.78, 5) is 12.1. The molecule has 0 unspecified atom stereocenters. The number of sulfonamides is 1. The van der Waals surface area contributed by atoms with Crippen molar-refractivity contribution in [1.29, 1.82) is 0 Å². The molecule has 2 aromatic rings. The first-order valence-corrected chi connectivity index (χ1v) is 9.03. The van der Waals surface area contributed by atoms with Gasteiger partial charge in [0.1, 0.15) is 0 Å². The summed E-state index contributed by atoms with van der Waals surface area (Å²) in [5.74, 6) is 0. The lowest BCUT2D eigenvalue weighted by Crippen LogP contribution is -2.30. The lowest BCUT2D eigenvalue weighted by atomic mass is 10.1. The van der Waals surface area contributed by atoms with Crippen LogP contribution in [-0.2, 0) is 16.4 Å². The number of carbonyl (C=O) groups is 1. The Morgan fingerprint density at radius 1 is 1.08 bits per heavy atom. The van der Waals surface area contributed by atoms with Crippen LogP contribution in [0.5, 0.6) is 0 Å². The number of rotatable bonds is 6. The van der Waals surface area contributed by atoms with E-state index < -0.39 is 10.0 Å². The number of nitrogens with one attached hydrogen (secondary N) is 3. The van der Waals surface area contributed by atoms with Gasteiger partial charge >= 0.3 is 6.03 Å². The highest BCUT2D eigenvalue weighted by molar-refractivity contribution is 7.89. The van der Waals surface area contributed by atoms with Crippen LogP contribution in [0.4, 0.5) is 10.5 Å². The quantitative estimate of drug-likeness (QED) is 0.749. The van der Waals surface area contributed by atoms with Crippen molar-refractivity contribution in [3.63, 3.8) is 0 Å². The van der Waals surface area contributed by atoms with Gasteiger partial charge in [-0.25, -0.2) is 17.9 Å². The highest BCUT2D eigenvalue weighted by Gasteiger charge is 2.14. The monoisotopic (exact) mass is 347 g/mol. The van der Waals surface area contributed by atoms with Gasteiger partial charge in [0, 0.05) is 12.2 Å². The van der Waals surface area contributed by atoms with Crippen LogP contribution < -0.4 is 15.4 Å². The molecule has 6 nitrogen and oxygen atoms in total. The molecule has 0 aliphatic carbocycles. The third kappa shape index (κ3) is 4.81. The molecule has 0 aliphatic rings. The summed E-state index contributed by atoms with van der Waals surface area (Å²) in [5.41, 5.74) is 2.38. The Hall–Kier alpha value is -2.38. The molecule has 0 saturated carbocycles. The van der Waals surface area contributed by atoms with Crippen LogP contribution in [0.3, 0.4) is 0 Å². The summed E-state index contributed by atoms with van der Waals surface area (Å²) < 4.78 is 25.9. The summed E-state index contributed by atoms with van der Waals surface area (Å²) in [6.45, 7) is 2.29. The number of amides is 2. The van der Waals surface area contributed by atoms with Gasteiger partial charge in [-0.3, -0.25) is 0 Å². The van der Waals surface area contributed by atoms with Crippen LogP contribution in [0.1, 0.15) is 11.1 Å². The number of benzene rings is 2. The molecule has 128 valence electrons. The molecule has 0 heterocycles. The maximum absolute atomic E-state index is 12.0. The molecule has 0 saturated heterocycles. The molecular formula is C17H21N3O3S. The average Bonchev–Trinajstić information content (AvgIpc) is 2.57. The van der Waals surface area contributed by atoms with E-state index in [4.69, 9.17) is 0 Å². The van der Waals surface area contributed by atoms with Crippen molar-refractivity contribution >= 4 is 21.7 Å². The smallest absolute Gasteiger partial charge is 0.319 e. The van der Waals surface area contributed by atoms with Gasteiger partial charge in [0.05, 0.1) is 4.90 Å². The van der Waals surface area contributed by atoms with E-state index in [1.54, 1.807) is 13.0 Å². The molecule has 2 rings (SSSR count). The van der Waals surface area contributed by atoms with Crippen molar-refractivity contribution < 1.29 is 13.2 Å². The zero-order valence-electron chi connectivity index (χ0n) is 13.7. The average molecular weight is 347 g/mol. The molecule has 0 aromatic heterocycles. The summed E-state index contributed by atoms with van der Waals surface area (Å²) in [6, 6.07) is 14.1. The van der Waals surface area contributed by atoms with Crippen molar-refractivity contribution in [3.05, 3.63) is 59.7 Å². The summed E-state index contributed by atoms with van der Waals surface area (Å²) in [7, 11) is -2.20. The van der Waals surface area contributed by atoms with E-state index in [0.717, 1.165) is 17.5 Å². The number of hydrogen-bond donors (Lipinski definition) is 3. The van der Waals surface area contributed by atoms with E-state index >= 15 is 0 Å². The van der Waals surface area contributed by atoms with Crippen LogP contribution >= 0.6 is 0 Å². The fourth-order valence-corrected chi connectivity index (χ4v) is 2.91. The lowest BCUT2D eigenvalue weighted by Gasteiger charge is -2.12. The second-order valence-corrected chi connectivity index (χ2v) is 7.19. The van der Waals surface area contributed by atoms with E-state index in [-0.39, 0.29) is 10.9 Å². The standard InChI is InChI=1S/C17H21N3O3S/c1-13-8-9-15(24(22,23)18-2)12-16(13)20-17(21)19-11-10-14-6-4-3-5-7-14/h3-9,12,18H,10-11H2,1-2H3,(H2,19,20,21). The number of aryl methyl sites for hydroxylation is 1. The van der Waals surface area contributed by atoms with Gasteiger partial charge in [-0.2, -0.15) is 0 Å². The topological polar surface area (TPSA) is 87.3 Å². The second kappa shape index (κ2) is 7.94. The Labute approximate surface area is 142 Å². The van der Waals surface area contributed by atoms with E-state index in [1.165, 1.54) is 19.2 Å². The maximum atomic E-state index is 12.0. The summed E-state index contributed by atoms with van der Waals surface area (Å²) in [5, 5.41) is 5.45. The van der Waals surface area contributed by atoms with Crippen molar-refractivity contribution in [2.24, 2.45) is 0 Å². The highest BCUT2D eigenvalue weighted by Crippen LogP contribution is 2.19. The fourth-order valence-electron chi connectivity index (χ4n) is 2.15. The van der Waals surface area contributed by atoms with Crippen LogP contribution in [0.25, 0.3) is 0 Å². The zero-order chi connectivity index (χ0) is 17.6. The Morgan fingerprint density at radius 3 is 2.46 bits per heavy atom. The molecule has 2 aromatic carbocycles. The van der Waals surface area contributed by atoms with Crippen LogP contribution in [0, 0.1) is 6.92 Å². The SMILES string of the molecule is CNS(=O)(=O)c1ccc(C)c(NC(=O)NCCc2ccccc2)c1. The Kier molecular flexibility index (Phi) is 5.94. The van der Waals surface area contributed by atoms with Crippen LogP contribution in [-0.4, -0.2) is 28.0 Å². The van der Waals surface area contributed by atoms with Crippen LogP contribution in [0.2, 0.25) is 0 Å². The molecule has 0 spiro atoms. The minimum Gasteiger partial charge on any atom is -0.338 e. The van der Waals surface area contributed by atoms with Crippen molar-refractivity contribution in [1.82, 2.24) is 10.0 Å². The third-order valence-electron chi connectivity index (χ3n) is 3.58. The second-order valence-electron chi connectivity index (χ2n) is 5.30. The van der Waals surface area contributed by atoms with Gasteiger partial charge in [0.25, 0.3) is 0 Å². The zero-order valence-corrected chi connectivity index (χ0v) is 14.5. The fraction of sp³-hybridized carbons (Fsp3) is 0.235. The Morgan fingerprint density at radius 2 is 1.79 bits per heavy atom. The highest BCUT2D eigenvalue weighted by atomic mass is 32.2.